The summed E-state index contributed by atoms with van der Waals surface area (Å²) in [6, 6.07) is 2.62. The van der Waals surface area contributed by atoms with Gasteiger partial charge in [-0.25, -0.2) is 14.0 Å². The molecule has 1 aromatic rings. The van der Waals surface area contributed by atoms with Gasteiger partial charge in [0.2, 0.25) is 0 Å². The van der Waals surface area contributed by atoms with Crippen LogP contribution in [0.3, 0.4) is 0 Å². The topological polar surface area (TPSA) is 89.6 Å². The zero-order valence-electron chi connectivity index (χ0n) is 13.0. The number of ether oxygens (including phenoxy) is 1. The van der Waals surface area contributed by atoms with Gasteiger partial charge in [-0.1, -0.05) is 12.1 Å². The fourth-order valence-corrected chi connectivity index (χ4v) is 1.48. The molecule has 3 N–H and O–H groups in total. The number of rotatable bonds is 4. The average molecular weight is 375 g/mol. The Labute approximate surface area is 138 Å². The number of carboxylic acid groups (broad SMARTS) is 1. The number of halogens is 6. The maximum Gasteiger partial charge on any atom is 0.490 e. The van der Waals surface area contributed by atoms with E-state index in [1.807, 2.05) is 0 Å². The van der Waals surface area contributed by atoms with Crippen molar-refractivity contribution < 1.29 is 45.8 Å². The third-order valence-electron chi connectivity index (χ3n) is 2.63. The van der Waals surface area contributed by atoms with Crippen molar-refractivity contribution in [3.8, 4) is 0 Å². The van der Waals surface area contributed by atoms with Crippen LogP contribution in [0.1, 0.15) is 31.0 Å². The molecule has 25 heavy (non-hydrogen) atoms. The molecule has 0 bridgehead atoms. The Morgan fingerprint density at radius 2 is 1.72 bits per heavy atom. The number of carbonyl (C=O) groups excluding carboxylic acids is 1. The van der Waals surface area contributed by atoms with E-state index < -0.39 is 41.5 Å². The van der Waals surface area contributed by atoms with Crippen LogP contribution in [-0.2, 0) is 20.2 Å². The highest BCUT2D eigenvalue weighted by atomic mass is 19.4. The van der Waals surface area contributed by atoms with Crippen molar-refractivity contribution in [3.05, 3.63) is 35.1 Å². The zero-order valence-corrected chi connectivity index (χ0v) is 13.0. The van der Waals surface area contributed by atoms with Gasteiger partial charge in [-0.05, 0) is 19.9 Å². The molecular weight excluding hydrogens is 360 g/mol. The molecule has 0 aliphatic carbocycles. The smallest absolute Gasteiger partial charge is 0.475 e. The van der Waals surface area contributed by atoms with Crippen LogP contribution < -0.4 is 5.73 Å². The highest BCUT2D eigenvalue weighted by molar-refractivity contribution is 5.79. The molecule has 1 atom stereocenters. The standard InChI is InChI=1S/C12H14F3NO2.C2HF3O2/c1-3-18-11(17)12(14,15)9-6-4-5-8(7(2)16)10(9)13;3-2(4,5)1(6)7/h4-7H,3,16H2,1-2H3;(H,6,7). The largest absolute Gasteiger partial charge is 0.490 e. The Morgan fingerprint density at radius 3 is 2.08 bits per heavy atom. The number of esters is 1. The van der Waals surface area contributed by atoms with Crippen molar-refractivity contribution >= 4 is 11.9 Å². The molecule has 1 aromatic carbocycles. The molecule has 0 saturated heterocycles. The van der Waals surface area contributed by atoms with Crippen LogP contribution in [0.5, 0.6) is 0 Å². The van der Waals surface area contributed by atoms with Gasteiger partial charge in [-0.3, -0.25) is 0 Å². The van der Waals surface area contributed by atoms with Gasteiger partial charge in [0, 0.05) is 11.6 Å². The highest BCUT2D eigenvalue weighted by Gasteiger charge is 2.45. The second-order valence-corrected chi connectivity index (χ2v) is 4.60. The molecule has 1 unspecified atom stereocenters. The van der Waals surface area contributed by atoms with Crippen LogP contribution >= 0.6 is 0 Å². The van der Waals surface area contributed by atoms with E-state index in [-0.39, 0.29) is 12.2 Å². The molecule has 11 heteroatoms. The molecule has 142 valence electrons. The van der Waals surface area contributed by atoms with Gasteiger partial charge in [0.05, 0.1) is 12.2 Å². The summed E-state index contributed by atoms with van der Waals surface area (Å²) in [6.45, 7) is 2.65. The quantitative estimate of drug-likeness (QED) is 0.623. The molecule has 0 aromatic heterocycles. The van der Waals surface area contributed by atoms with E-state index in [1.54, 1.807) is 0 Å². The Kier molecular flexibility index (Phi) is 7.90. The Hall–Kier alpha value is -2.30. The lowest BCUT2D eigenvalue weighted by molar-refractivity contribution is -0.192. The van der Waals surface area contributed by atoms with Crippen molar-refractivity contribution in [2.45, 2.75) is 32.0 Å². The molecule has 0 fully saturated rings. The minimum absolute atomic E-state index is 0.0727. The summed E-state index contributed by atoms with van der Waals surface area (Å²) in [7, 11) is 0. The second-order valence-electron chi connectivity index (χ2n) is 4.60. The van der Waals surface area contributed by atoms with E-state index in [4.69, 9.17) is 15.6 Å². The summed E-state index contributed by atoms with van der Waals surface area (Å²) in [5.41, 5.74) is 4.37. The predicted molar refractivity (Wildman–Crippen MR) is 73.2 cm³/mol. The third-order valence-corrected chi connectivity index (χ3v) is 2.63. The van der Waals surface area contributed by atoms with Crippen molar-refractivity contribution in [3.63, 3.8) is 0 Å². The van der Waals surface area contributed by atoms with Crippen LogP contribution in [-0.4, -0.2) is 29.8 Å². The van der Waals surface area contributed by atoms with Crippen LogP contribution in [0.25, 0.3) is 0 Å². The van der Waals surface area contributed by atoms with Crippen molar-refractivity contribution in [1.29, 1.82) is 0 Å². The van der Waals surface area contributed by atoms with Gasteiger partial charge in [0.15, 0.2) is 0 Å². The van der Waals surface area contributed by atoms with Gasteiger partial charge >= 0.3 is 24.0 Å². The number of alkyl halides is 5. The highest BCUT2D eigenvalue weighted by Crippen LogP contribution is 2.33. The number of carboxylic acids is 1. The number of hydrogen-bond donors (Lipinski definition) is 2. The Balaban J connectivity index is 0.000000697. The summed E-state index contributed by atoms with van der Waals surface area (Å²) in [5, 5.41) is 7.12. The predicted octanol–water partition coefficient (Wildman–Crippen LogP) is 3.13. The van der Waals surface area contributed by atoms with E-state index in [0.29, 0.717) is 0 Å². The van der Waals surface area contributed by atoms with Crippen LogP contribution in [0.2, 0.25) is 0 Å². The summed E-state index contributed by atoms with van der Waals surface area (Å²) in [6.07, 6.45) is -5.08. The second kappa shape index (κ2) is 8.70. The van der Waals surface area contributed by atoms with Crippen LogP contribution in [0, 0.1) is 5.82 Å². The monoisotopic (exact) mass is 375 g/mol. The normalized spacial score (nSPS) is 12.7. The van der Waals surface area contributed by atoms with Crippen molar-refractivity contribution in [1.82, 2.24) is 0 Å². The van der Waals surface area contributed by atoms with E-state index in [0.717, 1.165) is 6.07 Å². The summed E-state index contributed by atoms with van der Waals surface area (Å²) < 4.78 is 77.2. The lowest BCUT2D eigenvalue weighted by Crippen LogP contribution is -2.30. The molecule has 1 rings (SSSR count). The lowest BCUT2D eigenvalue weighted by Gasteiger charge is -2.18. The Morgan fingerprint density at radius 1 is 1.24 bits per heavy atom. The first-order valence-corrected chi connectivity index (χ1v) is 6.66. The minimum atomic E-state index is -5.08. The number of aliphatic carboxylic acids is 1. The zero-order chi connectivity index (χ0) is 20.0. The molecule has 0 radical (unpaired) electrons. The first-order valence-electron chi connectivity index (χ1n) is 6.66. The van der Waals surface area contributed by atoms with Crippen molar-refractivity contribution in [2.75, 3.05) is 6.61 Å². The number of benzene rings is 1. The van der Waals surface area contributed by atoms with E-state index >= 15 is 0 Å². The van der Waals surface area contributed by atoms with E-state index in [1.165, 1.54) is 26.0 Å². The van der Waals surface area contributed by atoms with Gasteiger partial charge in [-0.2, -0.15) is 22.0 Å². The molecule has 0 aliphatic rings. The first kappa shape index (κ1) is 22.7. The fraction of sp³-hybridized carbons (Fsp3) is 0.429. The molecule has 0 amide bonds. The fourth-order valence-electron chi connectivity index (χ4n) is 1.48. The summed E-state index contributed by atoms with van der Waals surface area (Å²) >= 11 is 0. The number of hydrogen-bond acceptors (Lipinski definition) is 4. The number of nitrogens with two attached hydrogens (primary N) is 1. The summed E-state index contributed by atoms with van der Waals surface area (Å²) in [5.74, 6) is -9.73. The molecule has 5 nitrogen and oxygen atoms in total. The average Bonchev–Trinajstić information content (AvgIpc) is 2.46. The van der Waals surface area contributed by atoms with Gasteiger partial charge in [0.25, 0.3) is 0 Å². The van der Waals surface area contributed by atoms with Gasteiger partial charge in [-0.15, -0.1) is 0 Å². The molecular formula is C14H15F6NO4. The van der Waals surface area contributed by atoms with Gasteiger partial charge < -0.3 is 15.6 Å². The van der Waals surface area contributed by atoms with E-state index in [2.05, 4.69) is 4.74 Å². The van der Waals surface area contributed by atoms with E-state index in [9.17, 15) is 31.1 Å². The van der Waals surface area contributed by atoms with Crippen molar-refractivity contribution in [2.24, 2.45) is 5.73 Å². The first-order chi connectivity index (χ1) is 11.3. The SMILES string of the molecule is CCOC(=O)C(F)(F)c1cccc(C(C)N)c1F.O=C(O)C(F)(F)F. The maximum absolute atomic E-state index is 13.9. The lowest BCUT2D eigenvalue weighted by atomic mass is 10.0. The summed E-state index contributed by atoms with van der Waals surface area (Å²) in [4.78, 5) is 20.0. The third kappa shape index (κ3) is 6.25. The number of carbonyl (C=O) groups is 2. The molecule has 0 saturated carbocycles. The molecule has 0 heterocycles. The molecule has 0 spiro atoms. The van der Waals surface area contributed by atoms with Gasteiger partial charge in [0.1, 0.15) is 5.82 Å². The maximum atomic E-state index is 13.9. The minimum Gasteiger partial charge on any atom is -0.475 e. The Bertz CT molecular complexity index is 616. The molecule has 0 aliphatic heterocycles. The van der Waals surface area contributed by atoms with Crippen LogP contribution in [0.4, 0.5) is 26.3 Å². The van der Waals surface area contributed by atoms with Crippen LogP contribution in [0.15, 0.2) is 18.2 Å².